The molecule has 1 aromatic heterocycles. The van der Waals surface area contributed by atoms with Crippen LogP contribution in [0.25, 0.3) is 0 Å². The van der Waals surface area contributed by atoms with Gasteiger partial charge in [-0.2, -0.15) is 0 Å². The second kappa shape index (κ2) is 11.6. The molecule has 0 atom stereocenters. The molecule has 1 aliphatic rings. The summed E-state index contributed by atoms with van der Waals surface area (Å²) >= 11 is 0. The minimum absolute atomic E-state index is 0.120. The lowest BCUT2D eigenvalue weighted by molar-refractivity contribution is -0.133. The fraction of sp³-hybridized carbons (Fsp3) is 0.333. The number of fused-ring (bicyclic) bond motifs is 1. The number of ether oxygens (including phenoxy) is 3. The van der Waals surface area contributed by atoms with Crippen molar-refractivity contribution < 1.29 is 28.2 Å². The van der Waals surface area contributed by atoms with Crippen molar-refractivity contribution in [3.05, 3.63) is 77.2 Å². The van der Waals surface area contributed by atoms with E-state index in [1.807, 2.05) is 68.4 Å². The fourth-order valence-electron chi connectivity index (χ4n) is 3.89. The molecule has 3 amide bonds. The van der Waals surface area contributed by atoms with Crippen molar-refractivity contribution in [2.45, 2.75) is 26.9 Å². The lowest BCUT2D eigenvalue weighted by atomic mass is 10.2. The van der Waals surface area contributed by atoms with Crippen LogP contribution in [0.2, 0.25) is 0 Å². The minimum atomic E-state index is -0.372. The third-order valence-electron chi connectivity index (χ3n) is 5.75. The molecular weight excluding hydrogens is 462 g/mol. The van der Waals surface area contributed by atoms with Crippen LogP contribution < -0.4 is 14.8 Å². The summed E-state index contributed by atoms with van der Waals surface area (Å²) in [5.74, 6) is 2.52. The number of nitrogens with one attached hydrogen (secondary N) is 1. The second-order valence-electron chi connectivity index (χ2n) is 8.66. The molecule has 0 fully saturated rings. The zero-order valence-corrected chi connectivity index (χ0v) is 20.8. The molecule has 1 N–H and O–H groups in total. The van der Waals surface area contributed by atoms with Gasteiger partial charge in [-0.15, -0.1) is 0 Å². The molecule has 1 aliphatic heterocycles. The first-order chi connectivity index (χ1) is 17.4. The van der Waals surface area contributed by atoms with Crippen LogP contribution in [-0.4, -0.2) is 55.3 Å². The summed E-state index contributed by atoms with van der Waals surface area (Å²) in [6, 6.07) is 16.4. The molecule has 0 saturated carbocycles. The lowest BCUT2D eigenvalue weighted by Gasteiger charge is -2.27. The molecule has 4 rings (SSSR count). The van der Waals surface area contributed by atoms with Gasteiger partial charge in [-0.3, -0.25) is 4.79 Å². The van der Waals surface area contributed by atoms with Crippen LogP contribution in [0.3, 0.4) is 0 Å². The van der Waals surface area contributed by atoms with E-state index >= 15 is 0 Å². The van der Waals surface area contributed by atoms with Crippen molar-refractivity contribution in [1.82, 2.24) is 9.80 Å². The number of benzene rings is 2. The van der Waals surface area contributed by atoms with Crippen LogP contribution in [0.4, 0.5) is 10.5 Å². The number of hydrogen-bond acceptors (Lipinski definition) is 6. The van der Waals surface area contributed by atoms with Crippen molar-refractivity contribution >= 4 is 17.6 Å². The number of carbonyl (C=O) groups excluding carboxylic acids is 2. The van der Waals surface area contributed by atoms with E-state index in [2.05, 4.69) is 5.32 Å². The summed E-state index contributed by atoms with van der Waals surface area (Å²) in [7, 11) is 1.56. The first-order valence-electron chi connectivity index (χ1n) is 11.7. The average molecular weight is 494 g/mol. The summed E-state index contributed by atoms with van der Waals surface area (Å²) in [5, 5.41) is 2.88. The minimum Gasteiger partial charge on any atom is -0.464 e. The summed E-state index contributed by atoms with van der Waals surface area (Å²) in [4.78, 5) is 29.7. The monoisotopic (exact) mass is 493 g/mol. The third kappa shape index (κ3) is 6.57. The predicted molar refractivity (Wildman–Crippen MR) is 134 cm³/mol. The van der Waals surface area contributed by atoms with Crippen LogP contribution in [0.15, 0.2) is 59.0 Å². The maximum atomic E-state index is 13.5. The van der Waals surface area contributed by atoms with Gasteiger partial charge in [0, 0.05) is 25.9 Å². The van der Waals surface area contributed by atoms with Gasteiger partial charge < -0.3 is 33.7 Å². The molecule has 9 heteroatoms. The topological polar surface area (TPSA) is 93.5 Å². The highest BCUT2D eigenvalue weighted by Crippen LogP contribution is 2.33. The van der Waals surface area contributed by atoms with E-state index in [1.165, 1.54) is 4.90 Å². The molecule has 0 bridgehead atoms. The Morgan fingerprint density at radius 2 is 1.81 bits per heavy atom. The highest BCUT2D eigenvalue weighted by atomic mass is 16.7. The lowest BCUT2D eigenvalue weighted by Crippen LogP contribution is -2.45. The van der Waals surface area contributed by atoms with E-state index in [9.17, 15) is 9.59 Å². The van der Waals surface area contributed by atoms with Crippen LogP contribution in [0, 0.1) is 13.8 Å². The smallest absolute Gasteiger partial charge is 0.322 e. The van der Waals surface area contributed by atoms with Crippen molar-refractivity contribution in [3.63, 3.8) is 0 Å². The Morgan fingerprint density at radius 3 is 2.56 bits per heavy atom. The van der Waals surface area contributed by atoms with Crippen LogP contribution >= 0.6 is 0 Å². The van der Waals surface area contributed by atoms with E-state index in [1.54, 1.807) is 12.0 Å². The first kappa shape index (κ1) is 25.1. The van der Waals surface area contributed by atoms with E-state index in [4.69, 9.17) is 18.6 Å². The van der Waals surface area contributed by atoms with Gasteiger partial charge >= 0.3 is 6.03 Å². The Bertz CT molecular complexity index is 1210. The molecule has 0 unspecified atom stereocenters. The summed E-state index contributed by atoms with van der Waals surface area (Å²) < 4.78 is 21.8. The van der Waals surface area contributed by atoms with E-state index in [0.717, 1.165) is 16.9 Å². The van der Waals surface area contributed by atoms with Gasteiger partial charge in [-0.25, -0.2) is 4.79 Å². The van der Waals surface area contributed by atoms with Crippen LogP contribution in [-0.2, 0) is 22.6 Å². The molecule has 0 aliphatic carbocycles. The number of aryl methyl sites for hydroxylation is 2. The number of nitrogens with zero attached hydrogens (tertiary/aromatic N) is 2. The van der Waals surface area contributed by atoms with Crippen LogP contribution in [0.1, 0.15) is 22.6 Å². The van der Waals surface area contributed by atoms with E-state index < -0.39 is 0 Å². The quantitative estimate of drug-likeness (QED) is 0.452. The maximum Gasteiger partial charge on any atom is 0.322 e. The van der Waals surface area contributed by atoms with Gasteiger partial charge in [-0.05, 0) is 61.4 Å². The third-order valence-corrected chi connectivity index (χ3v) is 5.75. The number of furan rings is 1. The number of rotatable bonds is 10. The Kier molecular flexibility index (Phi) is 8.12. The molecule has 9 nitrogen and oxygen atoms in total. The molecule has 36 heavy (non-hydrogen) atoms. The molecule has 190 valence electrons. The number of amides is 3. The first-order valence-corrected chi connectivity index (χ1v) is 11.7. The largest absolute Gasteiger partial charge is 0.464 e. The Balaban J connectivity index is 1.51. The van der Waals surface area contributed by atoms with E-state index in [-0.39, 0.29) is 38.4 Å². The maximum absolute atomic E-state index is 13.5. The van der Waals surface area contributed by atoms with Gasteiger partial charge in [0.15, 0.2) is 11.5 Å². The Morgan fingerprint density at radius 1 is 0.972 bits per heavy atom. The average Bonchev–Trinajstić information content (AvgIpc) is 3.49. The van der Waals surface area contributed by atoms with Gasteiger partial charge in [0.25, 0.3) is 0 Å². The van der Waals surface area contributed by atoms with Gasteiger partial charge in [0.05, 0.1) is 13.2 Å². The Labute approximate surface area is 210 Å². The molecule has 3 aromatic rings. The molecule has 0 saturated heterocycles. The normalized spacial score (nSPS) is 11.9. The molecule has 0 radical (unpaired) electrons. The summed E-state index contributed by atoms with van der Waals surface area (Å²) in [6.07, 6.45) is 0. The number of hydrogen-bond donors (Lipinski definition) is 1. The van der Waals surface area contributed by atoms with Crippen molar-refractivity contribution in [2.75, 3.05) is 38.9 Å². The van der Waals surface area contributed by atoms with Gasteiger partial charge in [0.2, 0.25) is 12.7 Å². The summed E-state index contributed by atoms with van der Waals surface area (Å²) in [6.45, 7) is 5.00. The number of urea groups is 1. The highest BCUT2D eigenvalue weighted by Gasteiger charge is 2.24. The standard InChI is InChI=1S/C27H31N3O6/c1-19-5-4-6-22(13-19)28-27(32)29(11-12-33-3)17-26(31)30(16-23-9-7-20(2)36-23)15-21-8-10-24-25(14-21)35-18-34-24/h4-10,13-14H,11-12,15-18H2,1-3H3,(H,28,32). The predicted octanol–water partition coefficient (Wildman–Crippen LogP) is 4.33. The van der Waals surface area contributed by atoms with Crippen molar-refractivity contribution in [2.24, 2.45) is 0 Å². The number of anilines is 1. The number of methoxy groups -OCH3 is 1. The van der Waals surface area contributed by atoms with Crippen molar-refractivity contribution in [3.8, 4) is 11.5 Å². The van der Waals surface area contributed by atoms with E-state index in [0.29, 0.717) is 36.1 Å². The fourth-order valence-corrected chi connectivity index (χ4v) is 3.89. The molecule has 2 heterocycles. The summed E-state index contributed by atoms with van der Waals surface area (Å²) in [5.41, 5.74) is 2.57. The zero-order valence-electron chi connectivity index (χ0n) is 20.8. The molecular formula is C27H31N3O6. The number of carbonyl (C=O) groups is 2. The highest BCUT2D eigenvalue weighted by molar-refractivity contribution is 5.92. The van der Waals surface area contributed by atoms with Gasteiger partial charge in [-0.1, -0.05) is 18.2 Å². The molecule has 0 spiro atoms. The Hall–Kier alpha value is -3.98. The molecule has 2 aromatic carbocycles. The van der Waals surface area contributed by atoms with Crippen LogP contribution in [0.5, 0.6) is 11.5 Å². The van der Waals surface area contributed by atoms with Crippen molar-refractivity contribution in [1.29, 1.82) is 0 Å². The zero-order chi connectivity index (χ0) is 25.5. The van der Waals surface area contributed by atoms with Gasteiger partial charge in [0.1, 0.15) is 18.1 Å². The second-order valence-corrected chi connectivity index (χ2v) is 8.66. The SMILES string of the molecule is COCCN(CC(=O)N(Cc1ccc2c(c1)OCO2)Cc1ccc(C)o1)C(=O)Nc1cccc(C)c1.